The summed E-state index contributed by atoms with van der Waals surface area (Å²) >= 11 is 0. The quantitative estimate of drug-likeness (QED) is 0.820. The van der Waals surface area contributed by atoms with Gasteiger partial charge in [-0.25, -0.2) is 4.98 Å². The maximum Gasteiger partial charge on any atom is 0.573 e. The standard InChI is InChI=1S/C11H13F3N2O4S/c1-7-2-10(16-5-9(7)19-11(12,13)14)20-21(17,18)6-8-3-15-4-8/h2,5,8,15H,3-4,6H2,1H3. The van der Waals surface area contributed by atoms with Gasteiger partial charge >= 0.3 is 16.5 Å². The summed E-state index contributed by atoms with van der Waals surface area (Å²) in [6.07, 6.45) is -4.06. The largest absolute Gasteiger partial charge is 0.573 e. The average Bonchev–Trinajstić information content (AvgIpc) is 2.26. The summed E-state index contributed by atoms with van der Waals surface area (Å²) in [5.74, 6) is -0.977. The van der Waals surface area contributed by atoms with Gasteiger partial charge in [-0.15, -0.1) is 13.2 Å². The van der Waals surface area contributed by atoms with Crippen LogP contribution in [0.1, 0.15) is 5.56 Å². The van der Waals surface area contributed by atoms with E-state index in [2.05, 4.69) is 15.0 Å². The summed E-state index contributed by atoms with van der Waals surface area (Å²) < 4.78 is 68.3. The van der Waals surface area contributed by atoms with Crippen molar-refractivity contribution in [3.8, 4) is 11.6 Å². The van der Waals surface area contributed by atoms with Crippen LogP contribution in [-0.4, -0.2) is 38.6 Å². The third-order valence-electron chi connectivity index (χ3n) is 2.78. The molecule has 118 valence electrons. The number of hydrogen-bond acceptors (Lipinski definition) is 6. The van der Waals surface area contributed by atoms with E-state index in [1.165, 1.54) is 6.92 Å². The predicted molar refractivity (Wildman–Crippen MR) is 66.4 cm³/mol. The molecule has 1 aromatic rings. The molecular formula is C11H13F3N2O4S. The zero-order valence-electron chi connectivity index (χ0n) is 11.0. The van der Waals surface area contributed by atoms with Gasteiger partial charge in [-0.3, -0.25) is 0 Å². The van der Waals surface area contributed by atoms with E-state index in [1.807, 2.05) is 0 Å². The van der Waals surface area contributed by atoms with Crippen molar-refractivity contribution in [3.63, 3.8) is 0 Å². The van der Waals surface area contributed by atoms with Gasteiger partial charge in [0.25, 0.3) is 0 Å². The van der Waals surface area contributed by atoms with Gasteiger partial charge in [0.15, 0.2) is 5.75 Å². The van der Waals surface area contributed by atoms with Crippen LogP contribution in [0.5, 0.6) is 11.6 Å². The number of aromatic nitrogens is 1. The molecular weight excluding hydrogens is 313 g/mol. The maximum atomic E-state index is 12.1. The van der Waals surface area contributed by atoms with Crippen LogP contribution in [0.15, 0.2) is 12.3 Å². The Balaban J connectivity index is 2.05. The molecule has 1 aliphatic heterocycles. The van der Waals surface area contributed by atoms with E-state index in [0.717, 1.165) is 12.3 Å². The summed E-state index contributed by atoms with van der Waals surface area (Å²) in [5.41, 5.74) is 0.0674. The van der Waals surface area contributed by atoms with E-state index < -0.39 is 22.2 Å². The molecule has 1 saturated heterocycles. The second-order valence-electron chi connectivity index (χ2n) is 4.67. The molecule has 21 heavy (non-hydrogen) atoms. The lowest BCUT2D eigenvalue weighted by molar-refractivity contribution is -0.275. The Morgan fingerprint density at radius 1 is 1.43 bits per heavy atom. The van der Waals surface area contributed by atoms with Gasteiger partial charge in [-0.2, -0.15) is 8.42 Å². The van der Waals surface area contributed by atoms with Gasteiger partial charge in [0.05, 0.1) is 11.9 Å². The Kier molecular flexibility index (Phi) is 4.28. The monoisotopic (exact) mass is 326 g/mol. The van der Waals surface area contributed by atoms with Crippen molar-refractivity contribution < 1.29 is 30.5 Å². The first-order valence-electron chi connectivity index (χ1n) is 6.00. The van der Waals surface area contributed by atoms with Crippen molar-refractivity contribution in [1.82, 2.24) is 10.3 Å². The average molecular weight is 326 g/mol. The Labute approximate surface area is 119 Å². The van der Waals surface area contributed by atoms with E-state index in [0.29, 0.717) is 13.1 Å². The molecule has 1 N–H and O–H groups in total. The lowest BCUT2D eigenvalue weighted by atomic mass is 10.1. The number of nitrogens with zero attached hydrogens (tertiary/aromatic N) is 1. The molecule has 0 aliphatic carbocycles. The zero-order chi connectivity index (χ0) is 15.7. The molecule has 1 aliphatic rings. The number of halogens is 3. The van der Waals surface area contributed by atoms with Crippen LogP contribution in [0.25, 0.3) is 0 Å². The van der Waals surface area contributed by atoms with E-state index in [-0.39, 0.29) is 23.1 Å². The summed E-state index contributed by atoms with van der Waals surface area (Å²) in [5, 5.41) is 2.93. The Bertz CT molecular complexity index is 614. The molecule has 1 aromatic heterocycles. The molecule has 0 radical (unpaired) electrons. The molecule has 0 bridgehead atoms. The van der Waals surface area contributed by atoms with Crippen molar-refractivity contribution in [1.29, 1.82) is 0 Å². The van der Waals surface area contributed by atoms with Crippen molar-refractivity contribution in [2.24, 2.45) is 5.92 Å². The Morgan fingerprint density at radius 3 is 2.57 bits per heavy atom. The third-order valence-corrected chi connectivity index (χ3v) is 4.09. The SMILES string of the molecule is Cc1cc(OS(=O)(=O)CC2CNC2)ncc1OC(F)(F)F. The minimum atomic E-state index is -4.84. The molecule has 0 unspecified atom stereocenters. The highest BCUT2D eigenvalue weighted by Gasteiger charge is 2.32. The number of pyridine rings is 1. The van der Waals surface area contributed by atoms with Crippen LogP contribution in [0, 0.1) is 12.8 Å². The van der Waals surface area contributed by atoms with Crippen LogP contribution in [0.2, 0.25) is 0 Å². The fourth-order valence-corrected chi connectivity index (χ4v) is 2.95. The van der Waals surface area contributed by atoms with E-state index >= 15 is 0 Å². The minimum Gasteiger partial charge on any atom is -0.404 e. The highest BCUT2D eigenvalue weighted by Crippen LogP contribution is 2.27. The van der Waals surface area contributed by atoms with E-state index in [1.54, 1.807) is 0 Å². The van der Waals surface area contributed by atoms with Crippen LogP contribution in [-0.2, 0) is 10.1 Å². The first kappa shape index (κ1) is 15.8. The normalized spacial score (nSPS) is 16.4. The predicted octanol–water partition coefficient (Wildman–Crippen LogP) is 1.22. The number of nitrogens with one attached hydrogen (secondary N) is 1. The molecule has 0 amide bonds. The summed E-state index contributed by atoms with van der Waals surface area (Å²) in [6, 6.07) is 1.08. The molecule has 0 saturated carbocycles. The third kappa shape index (κ3) is 4.74. The molecule has 0 aromatic carbocycles. The van der Waals surface area contributed by atoms with Crippen molar-refractivity contribution in [2.75, 3.05) is 18.8 Å². The highest BCUT2D eigenvalue weighted by atomic mass is 32.2. The van der Waals surface area contributed by atoms with Crippen LogP contribution < -0.4 is 14.2 Å². The topological polar surface area (TPSA) is 77.5 Å². The number of rotatable bonds is 5. The number of aryl methyl sites for hydroxylation is 1. The van der Waals surface area contributed by atoms with Gasteiger partial charge in [-0.05, 0) is 12.5 Å². The Morgan fingerprint density at radius 2 is 2.10 bits per heavy atom. The molecule has 6 nitrogen and oxygen atoms in total. The first-order valence-corrected chi connectivity index (χ1v) is 7.58. The van der Waals surface area contributed by atoms with E-state index in [9.17, 15) is 21.6 Å². The lowest BCUT2D eigenvalue weighted by Crippen LogP contribution is -2.46. The van der Waals surface area contributed by atoms with Crippen molar-refractivity contribution in [3.05, 3.63) is 17.8 Å². The Hall–Kier alpha value is -1.55. The van der Waals surface area contributed by atoms with Gasteiger partial charge in [0.1, 0.15) is 0 Å². The van der Waals surface area contributed by atoms with Crippen molar-refractivity contribution in [2.45, 2.75) is 13.3 Å². The lowest BCUT2D eigenvalue weighted by Gasteiger charge is -2.26. The van der Waals surface area contributed by atoms with Gasteiger partial charge in [0, 0.05) is 25.1 Å². The number of ether oxygens (including phenoxy) is 1. The zero-order valence-corrected chi connectivity index (χ0v) is 11.8. The molecule has 10 heteroatoms. The molecule has 0 spiro atoms. The highest BCUT2D eigenvalue weighted by molar-refractivity contribution is 7.87. The molecule has 1 fully saturated rings. The summed E-state index contributed by atoms with van der Waals surface area (Å²) in [7, 11) is -3.82. The molecule has 0 atom stereocenters. The fourth-order valence-electron chi connectivity index (χ4n) is 1.71. The minimum absolute atomic E-state index is 0.0241. The van der Waals surface area contributed by atoms with Crippen LogP contribution >= 0.6 is 0 Å². The fraction of sp³-hybridized carbons (Fsp3) is 0.545. The number of hydrogen-bond donors (Lipinski definition) is 1. The van der Waals surface area contributed by atoms with Gasteiger partial charge in [0.2, 0.25) is 5.88 Å². The first-order chi connectivity index (χ1) is 9.65. The summed E-state index contributed by atoms with van der Waals surface area (Å²) in [4.78, 5) is 3.52. The van der Waals surface area contributed by atoms with Gasteiger partial charge in [-0.1, -0.05) is 0 Å². The molecule has 2 heterocycles. The summed E-state index contributed by atoms with van der Waals surface area (Å²) in [6.45, 7) is 2.51. The second-order valence-corrected chi connectivity index (χ2v) is 6.28. The number of alkyl halides is 3. The molecule has 2 rings (SSSR count). The van der Waals surface area contributed by atoms with Crippen LogP contribution in [0.4, 0.5) is 13.2 Å². The van der Waals surface area contributed by atoms with Crippen LogP contribution in [0.3, 0.4) is 0 Å². The van der Waals surface area contributed by atoms with Crippen molar-refractivity contribution >= 4 is 10.1 Å². The van der Waals surface area contributed by atoms with Gasteiger partial charge < -0.3 is 14.2 Å². The smallest absolute Gasteiger partial charge is 0.404 e. The maximum absolute atomic E-state index is 12.1. The van der Waals surface area contributed by atoms with E-state index in [4.69, 9.17) is 4.18 Å². The second kappa shape index (κ2) is 5.68.